The Morgan fingerprint density at radius 3 is 2.93 bits per heavy atom. The number of benzene rings is 1. The molecule has 1 aromatic heterocycles. The van der Waals surface area contributed by atoms with Gasteiger partial charge in [-0.3, -0.25) is 4.79 Å². The van der Waals surface area contributed by atoms with Crippen molar-refractivity contribution in [3.05, 3.63) is 36.0 Å². The molecule has 1 N–H and O–H groups in total. The van der Waals surface area contributed by atoms with Crippen LogP contribution in [0.15, 0.2) is 30.5 Å². The van der Waals surface area contributed by atoms with Gasteiger partial charge in [-0.2, -0.15) is 0 Å². The first-order valence-corrected chi connectivity index (χ1v) is 5.42. The normalized spacial score (nSPS) is 10.7. The fourth-order valence-corrected chi connectivity index (χ4v) is 1.77. The molecule has 0 aliphatic rings. The first-order chi connectivity index (χ1) is 7.33. The molecular formula is C13H15NO. The lowest BCUT2D eigenvalue weighted by molar-refractivity contribution is 0.0981. The summed E-state index contributed by atoms with van der Waals surface area (Å²) < 4.78 is 0. The van der Waals surface area contributed by atoms with Crippen molar-refractivity contribution in [3.8, 4) is 0 Å². The number of unbranched alkanes of at least 4 members (excludes halogenated alkanes) is 1. The Hall–Kier alpha value is -1.57. The lowest BCUT2D eigenvalue weighted by atomic mass is 10.1. The van der Waals surface area contributed by atoms with Crippen LogP contribution in [-0.2, 0) is 0 Å². The molecule has 0 amide bonds. The van der Waals surface area contributed by atoms with Gasteiger partial charge in [-0.15, -0.1) is 0 Å². The summed E-state index contributed by atoms with van der Waals surface area (Å²) in [5.41, 5.74) is 1.87. The molecule has 2 aromatic rings. The summed E-state index contributed by atoms with van der Waals surface area (Å²) in [7, 11) is 0. The Labute approximate surface area is 89.3 Å². The van der Waals surface area contributed by atoms with E-state index < -0.39 is 0 Å². The van der Waals surface area contributed by atoms with Crippen LogP contribution < -0.4 is 0 Å². The minimum Gasteiger partial charge on any atom is -0.360 e. The highest BCUT2D eigenvalue weighted by molar-refractivity contribution is 6.07. The fraction of sp³-hybridized carbons (Fsp3) is 0.308. The van der Waals surface area contributed by atoms with Gasteiger partial charge < -0.3 is 4.98 Å². The number of ketones is 1. The molecule has 0 aliphatic carbocycles. The van der Waals surface area contributed by atoms with Crippen LogP contribution in [0.4, 0.5) is 0 Å². The maximum Gasteiger partial charge on any atom is 0.165 e. The van der Waals surface area contributed by atoms with Crippen molar-refractivity contribution in [2.24, 2.45) is 0 Å². The summed E-state index contributed by atoms with van der Waals surface area (Å²) in [4.78, 5) is 15.0. The van der Waals surface area contributed by atoms with E-state index in [2.05, 4.69) is 11.9 Å². The highest BCUT2D eigenvalue weighted by atomic mass is 16.1. The monoisotopic (exact) mass is 201 g/mol. The largest absolute Gasteiger partial charge is 0.360 e. The number of carbonyl (C=O) groups is 1. The molecule has 0 atom stereocenters. The molecule has 0 aliphatic heterocycles. The van der Waals surface area contributed by atoms with Crippen LogP contribution in [0.3, 0.4) is 0 Å². The van der Waals surface area contributed by atoms with E-state index in [-0.39, 0.29) is 5.78 Å². The molecule has 0 radical (unpaired) electrons. The molecule has 0 bridgehead atoms. The Morgan fingerprint density at radius 2 is 2.13 bits per heavy atom. The molecule has 2 rings (SSSR count). The summed E-state index contributed by atoms with van der Waals surface area (Å²) in [6.45, 7) is 2.10. The number of para-hydroxylation sites is 1. The predicted molar refractivity (Wildman–Crippen MR) is 62.2 cm³/mol. The molecule has 0 saturated carbocycles. The zero-order chi connectivity index (χ0) is 10.7. The van der Waals surface area contributed by atoms with Gasteiger partial charge in [0.25, 0.3) is 0 Å². The van der Waals surface area contributed by atoms with Crippen LogP contribution in [-0.4, -0.2) is 10.8 Å². The first kappa shape index (κ1) is 9.97. The molecule has 0 saturated heterocycles. The minimum absolute atomic E-state index is 0.245. The number of H-pyrrole nitrogens is 1. The van der Waals surface area contributed by atoms with Crippen molar-refractivity contribution >= 4 is 16.7 Å². The van der Waals surface area contributed by atoms with Gasteiger partial charge in [0.15, 0.2) is 5.78 Å². The van der Waals surface area contributed by atoms with Crippen molar-refractivity contribution in [2.45, 2.75) is 26.2 Å². The third kappa shape index (κ3) is 1.94. The first-order valence-electron chi connectivity index (χ1n) is 5.42. The van der Waals surface area contributed by atoms with Gasteiger partial charge in [-0.25, -0.2) is 0 Å². The van der Waals surface area contributed by atoms with Gasteiger partial charge >= 0.3 is 0 Å². The number of Topliss-reactive ketones (excluding diaryl/α,β-unsaturated/α-hetero) is 1. The lowest BCUT2D eigenvalue weighted by Gasteiger charge is -1.97. The highest BCUT2D eigenvalue weighted by Crippen LogP contribution is 2.19. The van der Waals surface area contributed by atoms with Gasteiger partial charge in [0.05, 0.1) is 0 Å². The van der Waals surface area contributed by atoms with E-state index in [1.807, 2.05) is 30.5 Å². The Morgan fingerprint density at radius 1 is 1.33 bits per heavy atom. The second-order valence-corrected chi connectivity index (χ2v) is 3.77. The molecule has 1 aromatic carbocycles. The number of fused-ring (bicyclic) bond motifs is 1. The van der Waals surface area contributed by atoms with E-state index >= 15 is 0 Å². The number of hydrogen-bond donors (Lipinski definition) is 1. The van der Waals surface area contributed by atoms with Crippen molar-refractivity contribution in [1.29, 1.82) is 0 Å². The summed E-state index contributed by atoms with van der Waals surface area (Å²) >= 11 is 0. The fourth-order valence-electron chi connectivity index (χ4n) is 1.77. The van der Waals surface area contributed by atoms with E-state index in [4.69, 9.17) is 0 Å². The molecule has 15 heavy (non-hydrogen) atoms. The Kier molecular flexibility index (Phi) is 2.86. The van der Waals surface area contributed by atoms with Crippen molar-refractivity contribution in [2.75, 3.05) is 0 Å². The average Bonchev–Trinajstić information content (AvgIpc) is 2.69. The summed E-state index contributed by atoms with van der Waals surface area (Å²) in [5.74, 6) is 0.245. The molecule has 0 fully saturated rings. The molecule has 0 spiro atoms. The average molecular weight is 201 g/mol. The molecule has 78 valence electrons. The topological polar surface area (TPSA) is 32.9 Å². The number of hydrogen-bond acceptors (Lipinski definition) is 1. The van der Waals surface area contributed by atoms with Gasteiger partial charge in [0.1, 0.15) is 0 Å². The third-order valence-corrected chi connectivity index (χ3v) is 2.65. The SMILES string of the molecule is CCCCC(=O)c1c[nH]c2ccccc12. The van der Waals surface area contributed by atoms with E-state index in [1.165, 1.54) is 0 Å². The maximum atomic E-state index is 11.9. The molecule has 2 nitrogen and oxygen atoms in total. The molecule has 0 unspecified atom stereocenters. The second-order valence-electron chi connectivity index (χ2n) is 3.77. The predicted octanol–water partition coefficient (Wildman–Crippen LogP) is 3.54. The van der Waals surface area contributed by atoms with Crippen LogP contribution in [0.5, 0.6) is 0 Å². The quantitative estimate of drug-likeness (QED) is 0.754. The summed E-state index contributed by atoms with van der Waals surface area (Å²) in [6, 6.07) is 7.92. The van der Waals surface area contributed by atoms with Gasteiger partial charge in [0.2, 0.25) is 0 Å². The van der Waals surface area contributed by atoms with Crippen LogP contribution in [0.1, 0.15) is 36.5 Å². The lowest BCUT2D eigenvalue weighted by Crippen LogP contribution is -1.96. The number of aromatic nitrogens is 1. The van der Waals surface area contributed by atoms with Crippen molar-refractivity contribution in [1.82, 2.24) is 4.98 Å². The Bertz CT molecular complexity index is 470. The standard InChI is InChI=1S/C13H15NO/c1-2-3-8-13(15)11-9-14-12-7-5-4-6-10(11)12/h4-7,9,14H,2-3,8H2,1H3. The molecule has 2 heteroatoms. The highest BCUT2D eigenvalue weighted by Gasteiger charge is 2.10. The zero-order valence-electron chi connectivity index (χ0n) is 8.92. The molecular weight excluding hydrogens is 186 g/mol. The minimum atomic E-state index is 0.245. The van der Waals surface area contributed by atoms with Gasteiger partial charge in [0, 0.05) is 29.1 Å². The van der Waals surface area contributed by atoms with E-state index in [1.54, 1.807) is 0 Å². The maximum absolute atomic E-state index is 11.9. The summed E-state index contributed by atoms with van der Waals surface area (Å²) in [5, 5.41) is 1.04. The second kappa shape index (κ2) is 4.30. The van der Waals surface area contributed by atoms with E-state index in [0.29, 0.717) is 6.42 Å². The zero-order valence-corrected chi connectivity index (χ0v) is 8.92. The number of carbonyl (C=O) groups excluding carboxylic acids is 1. The van der Waals surface area contributed by atoms with Crippen LogP contribution in [0.2, 0.25) is 0 Å². The number of aromatic amines is 1. The number of nitrogens with one attached hydrogen (secondary N) is 1. The smallest absolute Gasteiger partial charge is 0.165 e. The van der Waals surface area contributed by atoms with Gasteiger partial charge in [-0.05, 0) is 12.5 Å². The third-order valence-electron chi connectivity index (χ3n) is 2.65. The van der Waals surface area contributed by atoms with Crippen LogP contribution in [0.25, 0.3) is 10.9 Å². The van der Waals surface area contributed by atoms with E-state index in [0.717, 1.165) is 29.3 Å². The number of rotatable bonds is 4. The van der Waals surface area contributed by atoms with E-state index in [9.17, 15) is 4.79 Å². The van der Waals surface area contributed by atoms with Gasteiger partial charge in [-0.1, -0.05) is 31.5 Å². The van der Waals surface area contributed by atoms with Crippen molar-refractivity contribution < 1.29 is 4.79 Å². The van der Waals surface area contributed by atoms with Crippen LogP contribution >= 0.6 is 0 Å². The van der Waals surface area contributed by atoms with Crippen molar-refractivity contribution in [3.63, 3.8) is 0 Å². The Balaban J connectivity index is 2.31. The van der Waals surface area contributed by atoms with Crippen LogP contribution in [0, 0.1) is 0 Å². The summed E-state index contributed by atoms with van der Waals surface area (Å²) in [6.07, 6.45) is 4.51. The molecule has 1 heterocycles.